The second-order valence-corrected chi connectivity index (χ2v) is 8.21. The van der Waals surface area contributed by atoms with E-state index in [1.807, 2.05) is 34.6 Å². The SMILES string of the molecule is CC(C)C(=O)Cn1cc(COCCOCc2cn(CC(=O)C(C)(C)C)nn2)nn1. The highest BCUT2D eigenvalue weighted by Crippen LogP contribution is 2.15. The Hall–Kier alpha value is -2.46. The zero-order valence-electron chi connectivity index (χ0n) is 17.8. The summed E-state index contributed by atoms with van der Waals surface area (Å²) in [5.41, 5.74) is 0.910. The second-order valence-electron chi connectivity index (χ2n) is 8.21. The summed E-state index contributed by atoms with van der Waals surface area (Å²) in [6.45, 7) is 11.1. The van der Waals surface area contributed by atoms with Gasteiger partial charge < -0.3 is 9.47 Å². The molecule has 0 bridgehead atoms. The van der Waals surface area contributed by atoms with Crippen molar-refractivity contribution >= 4 is 11.6 Å². The van der Waals surface area contributed by atoms with Crippen LogP contribution in [0.2, 0.25) is 0 Å². The van der Waals surface area contributed by atoms with Crippen molar-refractivity contribution in [3.05, 3.63) is 23.8 Å². The van der Waals surface area contributed by atoms with Crippen LogP contribution in [0.5, 0.6) is 0 Å². The maximum absolute atomic E-state index is 12.0. The molecular weight excluding hydrogens is 376 g/mol. The molecule has 29 heavy (non-hydrogen) atoms. The zero-order valence-corrected chi connectivity index (χ0v) is 17.8. The number of aromatic nitrogens is 6. The van der Waals surface area contributed by atoms with E-state index in [2.05, 4.69) is 20.6 Å². The summed E-state index contributed by atoms with van der Waals surface area (Å²) in [7, 11) is 0. The molecule has 2 aromatic heterocycles. The molecule has 0 spiro atoms. The van der Waals surface area contributed by atoms with Gasteiger partial charge in [-0.05, 0) is 0 Å². The van der Waals surface area contributed by atoms with Crippen molar-refractivity contribution in [2.45, 2.75) is 60.9 Å². The quantitative estimate of drug-likeness (QED) is 0.487. The topological polar surface area (TPSA) is 114 Å². The molecule has 0 aliphatic rings. The highest BCUT2D eigenvalue weighted by molar-refractivity contribution is 5.83. The van der Waals surface area contributed by atoms with Crippen LogP contribution < -0.4 is 0 Å². The summed E-state index contributed by atoms with van der Waals surface area (Å²) in [6, 6.07) is 0. The summed E-state index contributed by atoms with van der Waals surface area (Å²) in [4.78, 5) is 23.7. The fourth-order valence-corrected chi connectivity index (χ4v) is 2.16. The average Bonchev–Trinajstić information content (AvgIpc) is 3.26. The third kappa shape index (κ3) is 7.82. The molecule has 2 aromatic rings. The number of rotatable bonds is 12. The van der Waals surface area contributed by atoms with Gasteiger partial charge in [-0.25, -0.2) is 9.36 Å². The fourth-order valence-electron chi connectivity index (χ4n) is 2.16. The molecule has 0 aliphatic heterocycles. The number of ether oxygens (including phenoxy) is 2. The van der Waals surface area contributed by atoms with Gasteiger partial charge in [0.25, 0.3) is 0 Å². The molecule has 0 radical (unpaired) electrons. The Labute approximate surface area is 170 Å². The predicted octanol–water partition coefficient (Wildman–Crippen LogP) is 1.44. The molecule has 0 saturated heterocycles. The fraction of sp³-hybridized carbons (Fsp3) is 0.684. The van der Waals surface area contributed by atoms with E-state index in [0.717, 1.165) is 0 Å². The van der Waals surface area contributed by atoms with Gasteiger partial charge >= 0.3 is 0 Å². The molecule has 0 saturated carbocycles. The first-order valence-corrected chi connectivity index (χ1v) is 9.64. The lowest BCUT2D eigenvalue weighted by molar-refractivity contribution is -0.127. The third-order valence-corrected chi connectivity index (χ3v) is 4.15. The van der Waals surface area contributed by atoms with Crippen LogP contribution in [0.4, 0.5) is 0 Å². The monoisotopic (exact) mass is 406 g/mol. The summed E-state index contributed by atoms with van der Waals surface area (Å²) < 4.78 is 14.1. The molecule has 0 amide bonds. The van der Waals surface area contributed by atoms with E-state index in [9.17, 15) is 9.59 Å². The summed E-state index contributed by atoms with van der Waals surface area (Å²) in [5, 5.41) is 15.9. The van der Waals surface area contributed by atoms with E-state index in [0.29, 0.717) is 37.8 Å². The molecule has 0 N–H and O–H groups in total. The van der Waals surface area contributed by atoms with Gasteiger partial charge in [-0.15, -0.1) is 10.2 Å². The molecule has 0 aromatic carbocycles. The lowest BCUT2D eigenvalue weighted by atomic mass is 9.91. The third-order valence-electron chi connectivity index (χ3n) is 4.15. The highest BCUT2D eigenvalue weighted by atomic mass is 16.5. The van der Waals surface area contributed by atoms with E-state index < -0.39 is 5.41 Å². The Kier molecular flexibility index (Phi) is 8.15. The minimum absolute atomic E-state index is 0.0309. The van der Waals surface area contributed by atoms with Gasteiger partial charge in [0, 0.05) is 11.3 Å². The molecule has 0 unspecified atom stereocenters. The van der Waals surface area contributed by atoms with Crippen molar-refractivity contribution in [3.63, 3.8) is 0 Å². The number of carbonyl (C=O) groups excluding carboxylic acids is 2. The van der Waals surface area contributed by atoms with Crippen molar-refractivity contribution in [1.82, 2.24) is 30.0 Å². The molecule has 10 heteroatoms. The van der Waals surface area contributed by atoms with E-state index >= 15 is 0 Å². The van der Waals surface area contributed by atoms with Gasteiger partial charge in [-0.1, -0.05) is 45.0 Å². The van der Waals surface area contributed by atoms with Crippen molar-refractivity contribution in [2.75, 3.05) is 13.2 Å². The predicted molar refractivity (Wildman–Crippen MR) is 104 cm³/mol. The maximum Gasteiger partial charge on any atom is 0.159 e. The normalized spacial score (nSPS) is 11.9. The number of carbonyl (C=O) groups is 2. The summed E-state index contributed by atoms with van der Waals surface area (Å²) in [5.74, 6) is 0.167. The number of nitrogens with zero attached hydrogens (tertiary/aromatic N) is 6. The zero-order chi connectivity index (χ0) is 21.4. The second kappa shape index (κ2) is 10.4. The standard InChI is InChI=1S/C19H30N6O4/c1-14(2)17(26)10-24-8-15(20-22-24)12-28-6-7-29-13-16-9-25(23-21-16)11-18(27)19(3,4)5/h8-9,14H,6-7,10-13H2,1-5H3. The molecule has 0 atom stereocenters. The first kappa shape index (κ1) is 22.8. The largest absolute Gasteiger partial charge is 0.373 e. The van der Waals surface area contributed by atoms with Crippen LogP contribution in [0.3, 0.4) is 0 Å². The van der Waals surface area contributed by atoms with Crippen LogP contribution in [0.15, 0.2) is 12.4 Å². The van der Waals surface area contributed by atoms with Crippen molar-refractivity contribution < 1.29 is 19.1 Å². The van der Waals surface area contributed by atoms with E-state index in [-0.39, 0.29) is 30.6 Å². The Morgan fingerprint density at radius 2 is 1.41 bits per heavy atom. The van der Waals surface area contributed by atoms with Gasteiger partial charge in [0.2, 0.25) is 0 Å². The van der Waals surface area contributed by atoms with E-state index in [4.69, 9.17) is 9.47 Å². The molecule has 2 heterocycles. The van der Waals surface area contributed by atoms with Crippen LogP contribution >= 0.6 is 0 Å². The average molecular weight is 406 g/mol. The number of ketones is 2. The molecular formula is C19H30N6O4. The van der Waals surface area contributed by atoms with Gasteiger partial charge in [0.05, 0.1) is 38.8 Å². The van der Waals surface area contributed by atoms with Crippen LogP contribution in [-0.4, -0.2) is 54.8 Å². The van der Waals surface area contributed by atoms with E-state index in [1.165, 1.54) is 9.36 Å². The first-order valence-electron chi connectivity index (χ1n) is 9.64. The van der Waals surface area contributed by atoms with Crippen molar-refractivity contribution in [1.29, 1.82) is 0 Å². The van der Waals surface area contributed by atoms with Gasteiger partial charge in [-0.3, -0.25) is 9.59 Å². The Morgan fingerprint density at radius 1 is 0.931 bits per heavy atom. The van der Waals surface area contributed by atoms with E-state index in [1.54, 1.807) is 12.4 Å². The lowest BCUT2D eigenvalue weighted by Crippen LogP contribution is -2.25. The number of hydrogen-bond donors (Lipinski definition) is 0. The van der Waals surface area contributed by atoms with Crippen LogP contribution in [0.1, 0.15) is 46.0 Å². The number of hydrogen-bond acceptors (Lipinski definition) is 8. The summed E-state index contributed by atoms with van der Waals surface area (Å²) in [6.07, 6.45) is 3.42. The highest BCUT2D eigenvalue weighted by Gasteiger charge is 2.21. The Morgan fingerprint density at radius 3 is 1.86 bits per heavy atom. The Balaban J connectivity index is 1.61. The summed E-state index contributed by atoms with van der Waals surface area (Å²) >= 11 is 0. The molecule has 160 valence electrons. The van der Waals surface area contributed by atoms with Gasteiger partial charge in [0.1, 0.15) is 24.5 Å². The Bertz CT molecular complexity index is 806. The van der Waals surface area contributed by atoms with Crippen LogP contribution in [0.25, 0.3) is 0 Å². The van der Waals surface area contributed by atoms with Gasteiger partial charge in [0.15, 0.2) is 11.6 Å². The van der Waals surface area contributed by atoms with Crippen LogP contribution in [0, 0.1) is 11.3 Å². The van der Waals surface area contributed by atoms with Crippen molar-refractivity contribution in [3.8, 4) is 0 Å². The maximum atomic E-state index is 12.0. The number of Topliss-reactive ketones (excluding diaryl/α,β-unsaturated/α-hetero) is 2. The van der Waals surface area contributed by atoms with Crippen molar-refractivity contribution in [2.24, 2.45) is 11.3 Å². The van der Waals surface area contributed by atoms with Crippen LogP contribution in [-0.2, 0) is 45.4 Å². The molecule has 0 aliphatic carbocycles. The minimum atomic E-state index is -0.407. The lowest BCUT2D eigenvalue weighted by Gasteiger charge is -2.15. The molecule has 2 rings (SSSR count). The molecule has 0 fully saturated rings. The molecule has 10 nitrogen and oxygen atoms in total. The van der Waals surface area contributed by atoms with Gasteiger partial charge in [-0.2, -0.15) is 0 Å². The minimum Gasteiger partial charge on any atom is -0.373 e. The first-order chi connectivity index (χ1) is 13.6. The smallest absolute Gasteiger partial charge is 0.159 e.